The number of oxazole rings is 1. The number of nitrogens with zero attached hydrogens (tertiary/aromatic N) is 4. The van der Waals surface area contributed by atoms with Crippen LogP contribution in [0, 0.1) is 0 Å². The average molecular weight is 341 g/mol. The third-order valence-corrected chi connectivity index (χ3v) is 4.90. The Kier molecular flexibility index (Phi) is 3.28. The summed E-state index contributed by atoms with van der Waals surface area (Å²) in [4.78, 5) is 12.6. The molecule has 26 heavy (non-hydrogen) atoms. The Bertz CT molecular complexity index is 1010. The van der Waals surface area contributed by atoms with Gasteiger partial charge in [-0.2, -0.15) is 5.10 Å². The molecule has 5 rings (SSSR count). The van der Waals surface area contributed by atoms with Crippen molar-refractivity contribution >= 4 is 6.08 Å². The van der Waals surface area contributed by atoms with E-state index in [9.17, 15) is 0 Å². The lowest BCUT2D eigenvalue weighted by Gasteiger charge is -2.34. The summed E-state index contributed by atoms with van der Waals surface area (Å²) in [6.07, 6.45) is 15.6. The van der Waals surface area contributed by atoms with Crippen molar-refractivity contribution in [1.82, 2.24) is 25.1 Å². The van der Waals surface area contributed by atoms with Gasteiger partial charge in [0, 0.05) is 47.9 Å². The Morgan fingerprint density at radius 1 is 0.923 bits per heavy atom. The molecule has 0 fully saturated rings. The highest BCUT2D eigenvalue weighted by molar-refractivity contribution is 5.72. The van der Waals surface area contributed by atoms with Crippen LogP contribution < -0.4 is 0 Å². The van der Waals surface area contributed by atoms with Crippen LogP contribution in [0.3, 0.4) is 0 Å². The van der Waals surface area contributed by atoms with Gasteiger partial charge in [-0.25, -0.2) is 4.98 Å². The summed E-state index contributed by atoms with van der Waals surface area (Å²) < 4.78 is 5.42. The van der Waals surface area contributed by atoms with Crippen molar-refractivity contribution in [3.8, 4) is 11.6 Å². The Morgan fingerprint density at radius 3 is 2.23 bits per heavy atom. The first-order valence-corrected chi connectivity index (χ1v) is 8.34. The maximum Gasteiger partial charge on any atom is 0.247 e. The predicted molar refractivity (Wildman–Crippen MR) is 96.1 cm³/mol. The molecule has 6 heteroatoms. The average Bonchev–Trinajstić information content (AvgIpc) is 3.38. The van der Waals surface area contributed by atoms with E-state index in [4.69, 9.17) is 4.42 Å². The third kappa shape index (κ3) is 2.19. The molecule has 126 valence electrons. The first-order valence-electron chi connectivity index (χ1n) is 8.34. The Labute approximate surface area is 149 Å². The second kappa shape index (κ2) is 5.77. The second-order valence-corrected chi connectivity index (χ2v) is 6.25. The van der Waals surface area contributed by atoms with E-state index in [0.29, 0.717) is 5.89 Å². The fourth-order valence-electron chi connectivity index (χ4n) is 3.63. The standard InChI is InChI=1S/C20H15N5O/c1-6-20(14-2-7-21-8-3-14,15-4-9-22-10-5-15)13-17-16(1)18(25-24-17)19-23-11-12-26-19/h1-12H,13H2,(H,24,25). The summed E-state index contributed by atoms with van der Waals surface area (Å²) in [5.74, 6) is 0.521. The number of fused-ring (bicyclic) bond motifs is 1. The SMILES string of the molecule is C1=CC(c2ccncc2)(c2ccncc2)Cc2[nH]nc(-c3ncco3)c21. The highest BCUT2D eigenvalue weighted by atomic mass is 16.3. The van der Waals surface area contributed by atoms with Crippen LogP contribution in [0.4, 0.5) is 0 Å². The molecule has 1 aliphatic carbocycles. The topological polar surface area (TPSA) is 80.5 Å². The maximum absolute atomic E-state index is 5.42. The molecule has 0 amide bonds. The van der Waals surface area contributed by atoms with E-state index in [1.54, 1.807) is 12.5 Å². The van der Waals surface area contributed by atoms with E-state index >= 15 is 0 Å². The second-order valence-electron chi connectivity index (χ2n) is 6.25. The van der Waals surface area contributed by atoms with Gasteiger partial charge in [0.1, 0.15) is 6.26 Å². The molecule has 0 aliphatic heterocycles. The number of aromatic nitrogens is 5. The number of nitrogens with one attached hydrogen (secondary N) is 1. The van der Waals surface area contributed by atoms with Gasteiger partial charge in [0.25, 0.3) is 0 Å². The van der Waals surface area contributed by atoms with Gasteiger partial charge in [-0.1, -0.05) is 12.2 Å². The number of aromatic amines is 1. The Morgan fingerprint density at radius 2 is 1.62 bits per heavy atom. The van der Waals surface area contributed by atoms with Gasteiger partial charge < -0.3 is 4.42 Å². The fraction of sp³-hybridized carbons (Fsp3) is 0.100. The van der Waals surface area contributed by atoms with Crippen LogP contribution in [0.5, 0.6) is 0 Å². The molecule has 1 N–H and O–H groups in total. The molecule has 0 saturated carbocycles. The number of allylic oxidation sites excluding steroid dienone is 1. The van der Waals surface area contributed by atoms with E-state index in [-0.39, 0.29) is 5.41 Å². The van der Waals surface area contributed by atoms with Crippen LogP contribution in [-0.2, 0) is 11.8 Å². The molecule has 0 atom stereocenters. The minimum Gasteiger partial charge on any atom is -0.443 e. The van der Waals surface area contributed by atoms with Crippen molar-refractivity contribution in [1.29, 1.82) is 0 Å². The van der Waals surface area contributed by atoms with Crippen LogP contribution in [0.25, 0.3) is 17.7 Å². The molecular formula is C20H15N5O. The zero-order chi connectivity index (χ0) is 17.4. The van der Waals surface area contributed by atoms with Crippen LogP contribution in [0.2, 0.25) is 0 Å². The van der Waals surface area contributed by atoms with Gasteiger partial charge >= 0.3 is 0 Å². The molecule has 0 saturated heterocycles. The van der Waals surface area contributed by atoms with Crippen molar-refractivity contribution in [2.24, 2.45) is 0 Å². The smallest absolute Gasteiger partial charge is 0.247 e. The molecule has 4 aromatic heterocycles. The summed E-state index contributed by atoms with van der Waals surface area (Å²) in [5.41, 5.74) is 4.85. The zero-order valence-electron chi connectivity index (χ0n) is 13.8. The molecule has 0 unspecified atom stereocenters. The highest BCUT2D eigenvalue weighted by Gasteiger charge is 2.37. The predicted octanol–water partition coefficient (Wildman–Crippen LogP) is 3.41. The summed E-state index contributed by atoms with van der Waals surface area (Å²) in [6, 6.07) is 8.23. The number of hydrogen-bond acceptors (Lipinski definition) is 5. The highest BCUT2D eigenvalue weighted by Crippen LogP contribution is 2.42. The molecule has 0 radical (unpaired) electrons. The molecule has 1 aliphatic rings. The summed E-state index contributed by atoms with van der Waals surface area (Å²) in [7, 11) is 0. The van der Waals surface area contributed by atoms with Crippen molar-refractivity contribution in [3.05, 3.63) is 90.0 Å². The van der Waals surface area contributed by atoms with Crippen LogP contribution >= 0.6 is 0 Å². The molecule has 0 bridgehead atoms. The normalized spacial score (nSPS) is 14.9. The van der Waals surface area contributed by atoms with E-state index in [1.807, 2.05) is 24.8 Å². The largest absolute Gasteiger partial charge is 0.443 e. The lowest BCUT2D eigenvalue weighted by atomic mass is 9.69. The number of rotatable bonds is 3. The van der Waals surface area contributed by atoms with Gasteiger partial charge in [0.15, 0.2) is 5.69 Å². The van der Waals surface area contributed by atoms with Crippen LogP contribution in [0.1, 0.15) is 22.4 Å². The van der Waals surface area contributed by atoms with Gasteiger partial charge in [-0.15, -0.1) is 0 Å². The van der Waals surface area contributed by atoms with Crippen LogP contribution in [-0.4, -0.2) is 25.1 Å². The van der Waals surface area contributed by atoms with Gasteiger partial charge in [-0.05, 0) is 35.4 Å². The number of H-pyrrole nitrogens is 1. The lowest BCUT2D eigenvalue weighted by molar-refractivity contribution is 0.571. The zero-order valence-corrected chi connectivity index (χ0v) is 13.8. The fourth-order valence-corrected chi connectivity index (χ4v) is 3.63. The minimum absolute atomic E-state index is 0.306. The van der Waals surface area contributed by atoms with Gasteiger partial charge in [0.05, 0.1) is 6.20 Å². The molecule has 4 aromatic rings. The third-order valence-electron chi connectivity index (χ3n) is 4.90. The first-order chi connectivity index (χ1) is 12.9. The summed E-state index contributed by atoms with van der Waals surface area (Å²) in [6.45, 7) is 0. The maximum atomic E-state index is 5.42. The van der Waals surface area contributed by atoms with Crippen LogP contribution in [0.15, 0.2) is 72.0 Å². The quantitative estimate of drug-likeness (QED) is 0.617. The molecule has 0 spiro atoms. The summed E-state index contributed by atoms with van der Waals surface area (Å²) >= 11 is 0. The van der Waals surface area contributed by atoms with Crippen molar-refractivity contribution in [2.75, 3.05) is 0 Å². The Balaban J connectivity index is 1.67. The van der Waals surface area contributed by atoms with E-state index in [1.165, 1.54) is 11.1 Å². The first kappa shape index (κ1) is 14.8. The molecule has 4 heterocycles. The molecular weight excluding hydrogens is 326 g/mol. The minimum atomic E-state index is -0.306. The van der Waals surface area contributed by atoms with E-state index in [2.05, 4.69) is 61.6 Å². The Hall–Kier alpha value is -3.54. The molecule has 6 nitrogen and oxygen atoms in total. The molecule has 0 aromatic carbocycles. The van der Waals surface area contributed by atoms with E-state index < -0.39 is 0 Å². The number of hydrogen-bond donors (Lipinski definition) is 1. The lowest BCUT2D eigenvalue weighted by Crippen LogP contribution is -2.30. The summed E-state index contributed by atoms with van der Waals surface area (Å²) in [5, 5.41) is 7.61. The van der Waals surface area contributed by atoms with Crippen molar-refractivity contribution < 1.29 is 4.42 Å². The van der Waals surface area contributed by atoms with Crippen molar-refractivity contribution in [3.63, 3.8) is 0 Å². The number of pyridine rings is 2. The van der Waals surface area contributed by atoms with Crippen molar-refractivity contribution in [2.45, 2.75) is 11.8 Å². The van der Waals surface area contributed by atoms with E-state index in [0.717, 1.165) is 23.4 Å². The van der Waals surface area contributed by atoms with Gasteiger partial charge in [-0.3, -0.25) is 15.1 Å². The monoisotopic (exact) mass is 341 g/mol. The van der Waals surface area contributed by atoms with Gasteiger partial charge in [0.2, 0.25) is 5.89 Å².